The van der Waals surface area contributed by atoms with Crippen LogP contribution >= 0.6 is 0 Å². The lowest BCUT2D eigenvalue weighted by Gasteiger charge is -2.17. The predicted molar refractivity (Wildman–Crippen MR) is 59.8 cm³/mol. The Balaban J connectivity index is 4.52. The molecule has 0 aromatic carbocycles. The van der Waals surface area contributed by atoms with Crippen LogP contribution in [0.1, 0.15) is 20.3 Å². The minimum atomic E-state index is -3.81. The summed E-state index contributed by atoms with van der Waals surface area (Å²) < 4.78 is 29.3. The summed E-state index contributed by atoms with van der Waals surface area (Å²) in [6, 6.07) is -1.20. The van der Waals surface area contributed by atoms with Crippen molar-refractivity contribution in [1.82, 2.24) is 4.72 Å². The third-order valence-corrected chi connectivity index (χ3v) is 3.40. The highest BCUT2D eigenvalue weighted by atomic mass is 32.2. The largest absolute Gasteiger partial charge is 0.480 e. The zero-order valence-corrected chi connectivity index (χ0v) is 10.8. The molecule has 0 unspecified atom stereocenters. The van der Waals surface area contributed by atoms with E-state index in [-0.39, 0.29) is 12.3 Å². The quantitative estimate of drug-likeness (QED) is 0.606. The van der Waals surface area contributed by atoms with E-state index in [1.807, 2.05) is 4.72 Å². The maximum Gasteiger partial charge on any atom is 0.321 e. The van der Waals surface area contributed by atoms with Gasteiger partial charge in [-0.3, -0.25) is 9.59 Å². The number of methoxy groups -OCH3 is 1. The highest BCUT2D eigenvalue weighted by molar-refractivity contribution is 7.89. The first-order valence-electron chi connectivity index (χ1n) is 4.99. The molecule has 1 atom stereocenters. The van der Waals surface area contributed by atoms with Gasteiger partial charge in [0, 0.05) is 0 Å². The maximum atomic E-state index is 11.5. The summed E-state index contributed by atoms with van der Waals surface area (Å²) in [5, 5.41) is 8.81. The second-order valence-corrected chi connectivity index (χ2v) is 5.70. The van der Waals surface area contributed by atoms with Crippen LogP contribution in [-0.4, -0.2) is 44.4 Å². The fraction of sp³-hybridized carbons (Fsp3) is 0.778. The van der Waals surface area contributed by atoms with Crippen LogP contribution < -0.4 is 4.72 Å². The highest BCUT2D eigenvalue weighted by Crippen LogP contribution is 2.04. The van der Waals surface area contributed by atoms with Crippen LogP contribution in [-0.2, 0) is 24.3 Å². The average Bonchev–Trinajstić information content (AvgIpc) is 2.22. The molecule has 0 radical (unpaired) electrons. The normalized spacial score (nSPS) is 13.4. The van der Waals surface area contributed by atoms with Crippen molar-refractivity contribution in [3.63, 3.8) is 0 Å². The van der Waals surface area contributed by atoms with Crippen molar-refractivity contribution in [3.8, 4) is 0 Å². The molecule has 0 aromatic heterocycles. The molecule has 7 nitrogen and oxygen atoms in total. The van der Waals surface area contributed by atoms with Crippen LogP contribution in [0.5, 0.6) is 0 Å². The summed E-state index contributed by atoms with van der Waals surface area (Å²) in [7, 11) is -2.66. The van der Waals surface area contributed by atoms with Crippen molar-refractivity contribution in [2.75, 3.05) is 12.9 Å². The van der Waals surface area contributed by atoms with E-state index in [9.17, 15) is 18.0 Å². The minimum absolute atomic E-state index is 0.309. The number of ether oxygens (including phenoxy) is 1. The number of aliphatic carboxylic acids is 1. The number of rotatable bonds is 7. The van der Waals surface area contributed by atoms with Gasteiger partial charge in [0.1, 0.15) is 6.04 Å². The third-order valence-electron chi connectivity index (χ3n) is 2.04. The summed E-state index contributed by atoms with van der Waals surface area (Å²) in [6.07, 6.45) is -0.309. The van der Waals surface area contributed by atoms with Gasteiger partial charge in [0.2, 0.25) is 10.0 Å². The van der Waals surface area contributed by atoms with Crippen LogP contribution in [0.25, 0.3) is 0 Å². The van der Waals surface area contributed by atoms with Crippen LogP contribution in [0.4, 0.5) is 0 Å². The molecule has 0 aromatic rings. The second kappa shape index (κ2) is 6.55. The highest BCUT2D eigenvalue weighted by Gasteiger charge is 2.27. The monoisotopic (exact) mass is 267 g/mol. The Labute approximate surface area is 100 Å². The Kier molecular flexibility index (Phi) is 6.11. The second-order valence-electron chi connectivity index (χ2n) is 3.82. The van der Waals surface area contributed by atoms with Gasteiger partial charge in [0.15, 0.2) is 0 Å². The number of sulfonamides is 1. The Morgan fingerprint density at radius 1 is 1.35 bits per heavy atom. The smallest absolute Gasteiger partial charge is 0.321 e. The molecular weight excluding hydrogens is 250 g/mol. The van der Waals surface area contributed by atoms with Gasteiger partial charge in [-0.15, -0.1) is 0 Å². The number of esters is 1. The Morgan fingerprint density at radius 2 is 1.88 bits per heavy atom. The molecule has 0 bridgehead atoms. The van der Waals surface area contributed by atoms with Gasteiger partial charge in [0.05, 0.1) is 19.3 Å². The van der Waals surface area contributed by atoms with Gasteiger partial charge in [-0.25, -0.2) is 13.1 Å². The van der Waals surface area contributed by atoms with Crippen LogP contribution in [0.3, 0.4) is 0 Å². The predicted octanol–water partition coefficient (Wildman–Crippen LogP) is -0.422. The molecule has 0 aliphatic heterocycles. The van der Waals surface area contributed by atoms with E-state index in [4.69, 9.17) is 5.11 Å². The molecule has 0 aliphatic carbocycles. The molecule has 8 heteroatoms. The Morgan fingerprint density at radius 3 is 2.24 bits per heavy atom. The first-order valence-corrected chi connectivity index (χ1v) is 6.64. The van der Waals surface area contributed by atoms with Crippen LogP contribution in [0, 0.1) is 5.92 Å². The summed E-state index contributed by atoms with van der Waals surface area (Å²) in [5.74, 6) is -2.79. The van der Waals surface area contributed by atoms with Gasteiger partial charge >= 0.3 is 11.9 Å². The molecule has 0 heterocycles. The topological polar surface area (TPSA) is 110 Å². The molecule has 0 aliphatic rings. The number of carbonyl (C=O) groups is 2. The molecule has 0 amide bonds. The van der Waals surface area contributed by atoms with Crippen LogP contribution in [0.15, 0.2) is 0 Å². The van der Waals surface area contributed by atoms with Crippen molar-refractivity contribution in [2.24, 2.45) is 5.92 Å². The molecule has 100 valence electrons. The number of hydrogen-bond acceptors (Lipinski definition) is 5. The molecule has 17 heavy (non-hydrogen) atoms. The van der Waals surface area contributed by atoms with E-state index in [1.54, 1.807) is 13.8 Å². The van der Waals surface area contributed by atoms with Gasteiger partial charge in [0.25, 0.3) is 0 Å². The lowest BCUT2D eigenvalue weighted by molar-refractivity contribution is -0.140. The first kappa shape index (κ1) is 15.9. The van der Waals surface area contributed by atoms with Crippen molar-refractivity contribution >= 4 is 22.0 Å². The van der Waals surface area contributed by atoms with Gasteiger partial charge in [-0.05, 0) is 5.92 Å². The fourth-order valence-electron chi connectivity index (χ4n) is 1.04. The first-order chi connectivity index (χ1) is 7.69. The van der Waals surface area contributed by atoms with E-state index in [1.165, 1.54) is 0 Å². The van der Waals surface area contributed by atoms with Gasteiger partial charge in [-0.1, -0.05) is 13.8 Å². The molecule has 0 saturated carbocycles. The molecule has 0 spiro atoms. The Bertz CT molecular complexity index is 375. The van der Waals surface area contributed by atoms with E-state index in [0.29, 0.717) is 0 Å². The van der Waals surface area contributed by atoms with Gasteiger partial charge in [-0.2, -0.15) is 0 Å². The maximum absolute atomic E-state index is 11.5. The summed E-state index contributed by atoms with van der Waals surface area (Å²) >= 11 is 0. The summed E-state index contributed by atoms with van der Waals surface area (Å²) in [4.78, 5) is 21.6. The lowest BCUT2D eigenvalue weighted by Crippen LogP contribution is -2.45. The molecule has 0 fully saturated rings. The van der Waals surface area contributed by atoms with E-state index < -0.39 is 33.8 Å². The zero-order chi connectivity index (χ0) is 13.6. The van der Waals surface area contributed by atoms with Crippen molar-refractivity contribution in [3.05, 3.63) is 0 Å². The fourth-order valence-corrected chi connectivity index (χ4v) is 2.36. The molecule has 0 rings (SSSR count). The zero-order valence-electron chi connectivity index (χ0n) is 9.97. The van der Waals surface area contributed by atoms with Crippen molar-refractivity contribution in [2.45, 2.75) is 26.3 Å². The molecule has 0 saturated heterocycles. The van der Waals surface area contributed by atoms with E-state index in [2.05, 4.69) is 4.74 Å². The number of hydrogen-bond donors (Lipinski definition) is 2. The summed E-state index contributed by atoms with van der Waals surface area (Å²) in [6.45, 7) is 3.17. The SMILES string of the molecule is COC(=O)CCS(=O)(=O)N[C@@H](C(=O)O)C(C)C. The van der Waals surface area contributed by atoms with E-state index >= 15 is 0 Å². The standard InChI is InChI=1S/C9H17NO6S/c1-6(2)8(9(12)13)10-17(14,15)5-4-7(11)16-3/h6,8,10H,4-5H2,1-3H3,(H,12,13)/t8-/m1/s1. The van der Waals surface area contributed by atoms with Crippen LogP contribution in [0.2, 0.25) is 0 Å². The van der Waals surface area contributed by atoms with Crippen molar-refractivity contribution < 1.29 is 27.9 Å². The molecular formula is C9H17NO6S. The minimum Gasteiger partial charge on any atom is -0.480 e. The van der Waals surface area contributed by atoms with Gasteiger partial charge < -0.3 is 9.84 Å². The third kappa shape index (κ3) is 6.22. The molecule has 2 N–H and O–H groups in total. The number of carboxylic acid groups (broad SMARTS) is 1. The number of nitrogens with one attached hydrogen (secondary N) is 1. The summed E-state index contributed by atoms with van der Waals surface area (Å²) in [5.41, 5.74) is 0. The Hall–Kier alpha value is -1.15. The number of carbonyl (C=O) groups excluding carboxylic acids is 1. The van der Waals surface area contributed by atoms with Crippen molar-refractivity contribution in [1.29, 1.82) is 0 Å². The van der Waals surface area contributed by atoms with E-state index in [0.717, 1.165) is 7.11 Å². The number of carboxylic acids is 1. The average molecular weight is 267 g/mol. The lowest BCUT2D eigenvalue weighted by atomic mass is 10.1.